The predicted molar refractivity (Wildman–Crippen MR) is 192 cm³/mol. The molecule has 0 fully saturated rings. The van der Waals surface area contributed by atoms with Crippen LogP contribution in [0.3, 0.4) is 0 Å². The third kappa shape index (κ3) is 3.71. The Balaban J connectivity index is 1.14. The van der Waals surface area contributed by atoms with Gasteiger partial charge in [0.2, 0.25) is 0 Å². The Labute approximate surface area is 266 Å². The molecule has 0 amide bonds. The van der Waals surface area contributed by atoms with Crippen molar-refractivity contribution in [3.05, 3.63) is 164 Å². The second kappa shape index (κ2) is 9.69. The molecule has 1 aromatic heterocycles. The summed E-state index contributed by atoms with van der Waals surface area (Å²) in [6.07, 6.45) is 0. The zero-order valence-electron chi connectivity index (χ0n) is 24.9. The Morgan fingerprint density at radius 2 is 1.09 bits per heavy atom. The lowest BCUT2D eigenvalue weighted by Gasteiger charge is -2.22. The monoisotopic (exact) mass is 585 g/mol. The molecule has 1 aliphatic rings. The molecule has 0 aliphatic carbocycles. The minimum absolute atomic E-state index is 0.901. The molecule has 9 aromatic rings. The van der Waals surface area contributed by atoms with Crippen molar-refractivity contribution in [3.8, 4) is 50.6 Å². The van der Waals surface area contributed by atoms with E-state index in [2.05, 4.69) is 168 Å². The summed E-state index contributed by atoms with van der Waals surface area (Å²) in [4.78, 5) is 0. The largest absolute Gasteiger partial charge is 0.456 e. The minimum atomic E-state index is 0.901. The summed E-state index contributed by atoms with van der Waals surface area (Å²) < 4.78 is 8.80. The Morgan fingerprint density at radius 3 is 1.98 bits per heavy atom. The molecule has 2 heterocycles. The number of fused-ring (bicyclic) bond motifs is 7. The highest BCUT2D eigenvalue weighted by molar-refractivity contribution is 6.19. The third-order valence-electron chi connectivity index (χ3n) is 9.55. The molecule has 8 aromatic carbocycles. The molecule has 46 heavy (non-hydrogen) atoms. The second-order valence-corrected chi connectivity index (χ2v) is 12.1. The van der Waals surface area contributed by atoms with Gasteiger partial charge in [-0.05, 0) is 81.1 Å². The van der Waals surface area contributed by atoms with Crippen molar-refractivity contribution in [1.29, 1.82) is 0 Å². The number of nitrogens with zero attached hydrogens (tertiary/aromatic N) is 1. The maximum Gasteiger partial charge on any atom is 0.135 e. The van der Waals surface area contributed by atoms with E-state index in [0.717, 1.165) is 22.7 Å². The third-order valence-corrected chi connectivity index (χ3v) is 9.55. The van der Waals surface area contributed by atoms with E-state index in [1.165, 1.54) is 71.2 Å². The van der Waals surface area contributed by atoms with Crippen molar-refractivity contribution < 1.29 is 4.74 Å². The van der Waals surface area contributed by atoms with Crippen LogP contribution in [0.1, 0.15) is 0 Å². The SMILES string of the molecule is c1ccc(-n2c3cc(-c4cccc(-c5ccc6c(c5)-c5cccc7cccc(c57)O6)c4)ccc3c3ccc4ccccc4c32)cc1. The van der Waals surface area contributed by atoms with E-state index in [-0.39, 0.29) is 0 Å². The van der Waals surface area contributed by atoms with E-state index in [9.17, 15) is 0 Å². The van der Waals surface area contributed by atoms with E-state index in [4.69, 9.17) is 4.74 Å². The zero-order valence-corrected chi connectivity index (χ0v) is 24.9. The Kier molecular flexibility index (Phi) is 5.31. The first kappa shape index (κ1) is 25.2. The lowest BCUT2D eigenvalue weighted by molar-refractivity contribution is 0.487. The summed E-state index contributed by atoms with van der Waals surface area (Å²) in [6, 6.07) is 59.1. The highest BCUT2D eigenvalue weighted by atomic mass is 16.5. The van der Waals surface area contributed by atoms with Crippen LogP contribution in [-0.4, -0.2) is 4.57 Å². The predicted octanol–water partition coefficient (Wildman–Crippen LogP) is 12.2. The average molecular weight is 586 g/mol. The van der Waals surface area contributed by atoms with Crippen molar-refractivity contribution in [2.24, 2.45) is 0 Å². The molecular weight excluding hydrogens is 558 g/mol. The molecular formula is C44H27NO. The highest BCUT2D eigenvalue weighted by Crippen LogP contribution is 2.47. The van der Waals surface area contributed by atoms with E-state index in [1.54, 1.807) is 0 Å². The Bertz CT molecular complexity index is 2660. The topological polar surface area (TPSA) is 14.2 Å². The summed E-state index contributed by atoms with van der Waals surface area (Å²) in [6.45, 7) is 0. The smallest absolute Gasteiger partial charge is 0.135 e. The summed E-state index contributed by atoms with van der Waals surface area (Å²) in [5.74, 6) is 1.82. The van der Waals surface area contributed by atoms with Gasteiger partial charge in [0.05, 0.1) is 11.0 Å². The van der Waals surface area contributed by atoms with Crippen LogP contribution in [0.2, 0.25) is 0 Å². The molecule has 2 nitrogen and oxygen atoms in total. The molecule has 0 saturated carbocycles. The first-order valence-electron chi connectivity index (χ1n) is 15.8. The molecule has 2 heteroatoms. The first-order chi connectivity index (χ1) is 22.8. The lowest BCUT2D eigenvalue weighted by atomic mass is 9.91. The molecule has 1 aliphatic heterocycles. The van der Waals surface area contributed by atoms with Crippen molar-refractivity contribution in [2.45, 2.75) is 0 Å². The van der Waals surface area contributed by atoms with Gasteiger partial charge < -0.3 is 9.30 Å². The number of rotatable bonds is 3. The summed E-state index contributed by atoms with van der Waals surface area (Å²) in [5, 5.41) is 7.42. The number of hydrogen-bond donors (Lipinski definition) is 0. The number of benzene rings is 8. The number of aromatic nitrogens is 1. The van der Waals surface area contributed by atoms with Crippen LogP contribution in [0.4, 0.5) is 0 Å². The standard InChI is InChI=1S/C44H27NO/c1-2-14-34(15-3-1)45-40-27-33(20-22-36(40)38-23-19-28-9-4-5-16-35(28)44(38)45)31-13-6-12-30(25-31)32-21-24-41-39(26-32)37-17-7-10-29-11-8-18-42(46-41)43(29)37/h1-27H. The van der Waals surface area contributed by atoms with Gasteiger partial charge in [-0.25, -0.2) is 0 Å². The zero-order chi connectivity index (χ0) is 30.2. The second-order valence-electron chi connectivity index (χ2n) is 12.1. The summed E-state index contributed by atoms with van der Waals surface area (Å²) >= 11 is 0. The van der Waals surface area contributed by atoms with Crippen LogP contribution in [0.5, 0.6) is 11.5 Å². The van der Waals surface area contributed by atoms with E-state index in [1.807, 2.05) is 0 Å². The van der Waals surface area contributed by atoms with Gasteiger partial charge in [0.25, 0.3) is 0 Å². The molecule has 0 atom stereocenters. The van der Waals surface area contributed by atoms with Gasteiger partial charge in [0.15, 0.2) is 0 Å². The van der Waals surface area contributed by atoms with E-state index in [0.29, 0.717) is 0 Å². The summed E-state index contributed by atoms with van der Waals surface area (Å²) in [5.41, 5.74) is 10.7. The van der Waals surface area contributed by atoms with Crippen molar-refractivity contribution in [3.63, 3.8) is 0 Å². The number of ether oxygens (including phenoxy) is 1. The van der Waals surface area contributed by atoms with Gasteiger partial charge in [0.1, 0.15) is 11.5 Å². The van der Waals surface area contributed by atoms with Crippen molar-refractivity contribution in [1.82, 2.24) is 4.57 Å². The van der Waals surface area contributed by atoms with Crippen LogP contribution in [0.25, 0.3) is 82.4 Å². The van der Waals surface area contributed by atoms with E-state index < -0.39 is 0 Å². The van der Waals surface area contributed by atoms with Crippen LogP contribution < -0.4 is 4.74 Å². The van der Waals surface area contributed by atoms with Crippen LogP contribution in [0.15, 0.2) is 164 Å². The molecule has 0 radical (unpaired) electrons. The lowest BCUT2D eigenvalue weighted by Crippen LogP contribution is -1.97. The molecule has 0 bridgehead atoms. The molecule has 10 rings (SSSR count). The van der Waals surface area contributed by atoms with Gasteiger partial charge in [-0.1, -0.05) is 121 Å². The van der Waals surface area contributed by atoms with Gasteiger partial charge in [-0.3, -0.25) is 0 Å². The van der Waals surface area contributed by atoms with Crippen LogP contribution in [-0.2, 0) is 0 Å². The molecule has 0 spiro atoms. The van der Waals surface area contributed by atoms with Crippen molar-refractivity contribution in [2.75, 3.05) is 0 Å². The van der Waals surface area contributed by atoms with Gasteiger partial charge >= 0.3 is 0 Å². The van der Waals surface area contributed by atoms with Crippen LogP contribution in [0, 0.1) is 0 Å². The summed E-state index contributed by atoms with van der Waals surface area (Å²) in [7, 11) is 0. The molecule has 0 unspecified atom stereocenters. The number of para-hydroxylation sites is 1. The quantitative estimate of drug-likeness (QED) is 0.201. The normalized spacial score (nSPS) is 12.1. The first-order valence-corrected chi connectivity index (χ1v) is 15.8. The molecule has 0 N–H and O–H groups in total. The van der Waals surface area contributed by atoms with Crippen LogP contribution >= 0.6 is 0 Å². The molecule has 0 saturated heterocycles. The van der Waals surface area contributed by atoms with Gasteiger partial charge in [-0.15, -0.1) is 0 Å². The van der Waals surface area contributed by atoms with Gasteiger partial charge in [-0.2, -0.15) is 0 Å². The highest BCUT2D eigenvalue weighted by Gasteiger charge is 2.21. The van der Waals surface area contributed by atoms with Crippen molar-refractivity contribution >= 4 is 43.4 Å². The maximum atomic E-state index is 6.37. The van der Waals surface area contributed by atoms with Gasteiger partial charge in [0, 0.05) is 32.8 Å². The fourth-order valence-corrected chi connectivity index (χ4v) is 7.42. The maximum absolute atomic E-state index is 6.37. The fourth-order valence-electron chi connectivity index (χ4n) is 7.42. The Morgan fingerprint density at radius 1 is 0.391 bits per heavy atom. The average Bonchev–Trinajstić information content (AvgIpc) is 3.46. The Hall–Kier alpha value is -6.12. The van der Waals surface area contributed by atoms with E-state index >= 15 is 0 Å². The molecule has 214 valence electrons. The minimum Gasteiger partial charge on any atom is -0.456 e. The fraction of sp³-hybridized carbons (Fsp3) is 0. The number of hydrogen-bond acceptors (Lipinski definition) is 1.